The first-order valence-corrected chi connectivity index (χ1v) is 7.26. The van der Waals surface area contributed by atoms with Gasteiger partial charge in [-0.25, -0.2) is 4.98 Å². The van der Waals surface area contributed by atoms with Crippen LogP contribution in [0, 0.1) is 6.92 Å². The van der Waals surface area contributed by atoms with Gasteiger partial charge in [-0.15, -0.1) is 11.3 Å². The zero-order valence-corrected chi connectivity index (χ0v) is 12.2. The SMILES string of the molecule is CNCC(Cc1csc(C)n1)c1ccc(Cl)cc1. The van der Waals surface area contributed by atoms with E-state index in [0.29, 0.717) is 5.92 Å². The maximum Gasteiger partial charge on any atom is 0.0897 e. The maximum absolute atomic E-state index is 5.93. The summed E-state index contributed by atoms with van der Waals surface area (Å²) in [4.78, 5) is 4.54. The number of thiazole rings is 1. The number of halogens is 1. The average molecular weight is 281 g/mol. The van der Waals surface area contributed by atoms with Gasteiger partial charge in [0.05, 0.1) is 10.7 Å². The number of hydrogen-bond acceptors (Lipinski definition) is 3. The maximum atomic E-state index is 5.93. The molecule has 0 aliphatic rings. The molecule has 1 unspecified atom stereocenters. The first-order chi connectivity index (χ1) is 8.69. The van der Waals surface area contributed by atoms with Gasteiger partial charge in [0.15, 0.2) is 0 Å². The van der Waals surface area contributed by atoms with Crippen LogP contribution in [0.4, 0.5) is 0 Å². The Morgan fingerprint density at radius 1 is 1.33 bits per heavy atom. The van der Waals surface area contributed by atoms with Crippen LogP contribution in [0.25, 0.3) is 0 Å². The van der Waals surface area contributed by atoms with Crippen LogP contribution in [-0.2, 0) is 6.42 Å². The fourth-order valence-corrected chi connectivity index (χ4v) is 2.80. The van der Waals surface area contributed by atoms with Crippen molar-refractivity contribution >= 4 is 22.9 Å². The monoisotopic (exact) mass is 280 g/mol. The molecule has 0 radical (unpaired) electrons. The lowest BCUT2D eigenvalue weighted by atomic mass is 9.94. The van der Waals surface area contributed by atoms with E-state index in [4.69, 9.17) is 11.6 Å². The number of rotatable bonds is 5. The van der Waals surface area contributed by atoms with Crippen LogP contribution < -0.4 is 5.32 Å². The molecule has 1 heterocycles. The van der Waals surface area contributed by atoms with E-state index in [1.165, 1.54) is 11.3 Å². The van der Waals surface area contributed by atoms with E-state index in [1.807, 2.05) is 26.1 Å². The topological polar surface area (TPSA) is 24.9 Å². The number of aryl methyl sites for hydroxylation is 1. The quantitative estimate of drug-likeness (QED) is 0.904. The molecule has 0 spiro atoms. The number of benzene rings is 1. The fraction of sp³-hybridized carbons (Fsp3) is 0.357. The van der Waals surface area contributed by atoms with Crippen molar-refractivity contribution in [3.8, 4) is 0 Å². The third kappa shape index (κ3) is 3.55. The van der Waals surface area contributed by atoms with Gasteiger partial charge >= 0.3 is 0 Å². The number of aromatic nitrogens is 1. The largest absolute Gasteiger partial charge is 0.319 e. The zero-order chi connectivity index (χ0) is 13.0. The lowest BCUT2D eigenvalue weighted by molar-refractivity contribution is 0.619. The third-order valence-electron chi connectivity index (χ3n) is 2.91. The molecule has 2 aromatic rings. The molecule has 18 heavy (non-hydrogen) atoms. The molecule has 0 bridgehead atoms. The minimum absolute atomic E-state index is 0.439. The smallest absolute Gasteiger partial charge is 0.0897 e. The third-order valence-corrected chi connectivity index (χ3v) is 3.99. The van der Waals surface area contributed by atoms with Crippen LogP contribution in [0.3, 0.4) is 0 Å². The summed E-state index contributed by atoms with van der Waals surface area (Å²) in [5.41, 5.74) is 2.48. The summed E-state index contributed by atoms with van der Waals surface area (Å²) in [6.07, 6.45) is 0.965. The van der Waals surface area contributed by atoms with Gasteiger partial charge in [0.1, 0.15) is 0 Å². The van der Waals surface area contributed by atoms with Crippen LogP contribution in [0.5, 0.6) is 0 Å². The van der Waals surface area contributed by atoms with Crippen molar-refractivity contribution in [2.24, 2.45) is 0 Å². The van der Waals surface area contributed by atoms with Gasteiger partial charge in [-0.05, 0) is 38.1 Å². The summed E-state index contributed by atoms with van der Waals surface area (Å²) in [6, 6.07) is 8.10. The zero-order valence-electron chi connectivity index (χ0n) is 10.6. The second-order valence-electron chi connectivity index (χ2n) is 4.37. The first-order valence-electron chi connectivity index (χ1n) is 6.00. The van der Waals surface area contributed by atoms with Crippen LogP contribution in [0.1, 0.15) is 22.2 Å². The molecule has 0 fully saturated rings. The molecule has 1 atom stereocenters. The Morgan fingerprint density at radius 3 is 2.61 bits per heavy atom. The Morgan fingerprint density at radius 2 is 2.06 bits per heavy atom. The molecule has 4 heteroatoms. The molecule has 0 saturated carbocycles. The number of hydrogen-bond donors (Lipinski definition) is 1. The number of nitrogens with zero attached hydrogens (tertiary/aromatic N) is 1. The summed E-state index contributed by atoms with van der Waals surface area (Å²) in [7, 11) is 1.98. The van der Waals surface area contributed by atoms with Gasteiger partial charge in [-0.2, -0.15) is 0 Å². The van der Waals surface area contributed by atoms with Crippen molar-refractivity contribution in [3.05, 3.63) is 50.9 Å². The minimum Gasteiger partial charge on any atom is -0.319 e. The predicted molar refractivity (Wildman–Crippen MR) is 78.7 cm³/mol. The van der Waals surface area contributed by atoms with Crippen molar-refractivity contribution in [1.82, 2.24) is 10.3 Å². The van der Waals surface area contributed by atoms with Crippen LogP contribution >= 0.6 is 22.9 Å². The van der Waals surface area contributed by atoms with Gasteiger partial charge in [-0.1, -0.05) is 23.7 Å². The van der Waals surface area contributed by atoms with E-state index in [0.717, 1.165) is 23.0 Å². The van der Waals surface area contributed by atoms with E-state index >= 15 is 0 Å². The normalized spacial score (nSPS) is 12.6. The lowest BCUT2D eigenvalue weighted by Gasteiger charge is -2.16. The highest BCUT2D eigenvalue weighted by Crippen LogP contribution is 2.23. The lowest BCUT2D eigenvalue weighted by Crippen LogP contribution is -2.19. The molecule has 0 aliphatic carbocycles. The molecule has 2 nitrogen and oxygen atoms in total. The van der Waals surface area contributed by atoms with Crippen molar-refractivity contribution in [2.75, 3.05) is 13.6 Å². The number of nitrogens with one attached hydrogen (secondary N) is 1. The Hall–Kier alpha value is -0.900. The molecule has 0 aliphatic heterocycles. The molecular formula is C14H17ClN2S. The fourth-order valence-electron chi connectivity index (χ4n) is 2.04. The summed E-state index contributed by atoms with van der Waals surface area (Å²) < 4.78 is 0. The molecule has 1 aromatic carbocycles. The first kappa shape index (κ1) is 13.5. The summed E-state index contributed by atoms with van der Waals surface area (Å²) in [5.74, 6) is 0.439. The van der Waals surface area contributed by atoms with Gasteiger partial charge < -0.3 is 5.32 Å². The van der Waals surface area contributed by atoms with Gasteiger partial charge in [0, 0.05) is 22.9 Å². The van der Waals surface area contributed by atoms with Crippen LogP contribution in [0.15, 0.2) is 29.6 Å². The molecule has 2 rings (SSSR count). The molecule has 0 amide bonds. The van der Waals surface area contributed by atoms with E-state index in [-0.39, 0.29) is 0 Å². The Bertz CT molecular complexity index is 493. The van der Waals surface area contributed by atoms with Crippen LogP contribution in [-0.4, -0.2) is 18.6 Å². The molecule has 96 valence electrons. The molecule has 1 aromatic heterocycles. The molecule has 1 N–H and O–H groups in total. The van der Waals surface area contributed by atoms with Crippen molar-refractivity contribution in [3.63, 3.8) is 0 Å². The Kier molecular flexibility index (Phi) is 4.75. The molecule has 0 saturated heterocycles. The second kappa shape index (κ2) is 6.32. The average Bonchev–Trinajstić information content (AvgIpc) is 2.75. The van der Waals surface area contributed by atoms with Crippen molar-refractivity contribution in [2.45, 2.75) is 19.3 Å². The van der Waals surface area contributed by atoms with Gasteiger partial charge in [-0.3, -0.25) is 0 Å². The van der Waals surface area contributed by atoms with Crippen molar-refractivity contribution in [1.29, 1.82) is 0 Å². The van der Waals surface area contributed by atoms with E-state index < -0.39 is 0 Å². The van der Waals surface area contributed by atoms with Gasteiger partial charge in [0.2, 0.25) is 0 Å². The standard InChI is InChI=1S/C14H17ClN2S/c1-10-17-14(9-18-10)7-12(8-16-2)11-3-5-13(15)6-4-11/h3-6,9,12,16H,7-8H2,1-2H3. The van der Waals surface area contributed by atoms with Crippen molar-refractivity contribution < 1.29 is 0 Å². The highest BCUT2D eigenvalue weighted by atomic mass is 35.5. The van der Waals surface area contributed by atoms with E-state index in [2.05, 4.69) is 27.8 Å². The number of likely N-dealkylation sites (N-methyl/N-ethyl adjacent to an activating group) is 1. The Balaban J connectivity index is 2.14. The van der Waals surface area contributed by atoms with E-state index in [9.17, 15) is 0 Å². The summed E-state index contributed by atoms with van der Waals surface area (Å²) in [5, 5.41) is 7.31. The van der Waals surface area contributed by atoms with Crippen LogP contribution in [0.2, 0.25) is 5.02 Å². The van der Waals surface area contributed by atoms with E-state index in [1.54, 1.807) is 11.3 Å². The molecular weight excluding hydrogens is 264 g/mol. The highest BCUT2D eigenvalue weighted by Gasteiger charge is 2.13. The summed E-state index contributed by atoms with van der Waals surface area (Å²) >= 11 is 7.64. The second-order valence-corrected chi connectivity index (χ2v) is 5.87. The predicted octanol–water partition coefficient (Wildman–Crippen LogP) is 3.65. The van der Waals surface area contributed by atoms with Gasteiger partial charge in [0.25, 0.3) is 0 Å². The highest BCUT2D eigenvalue weighted by molar-refractivity contribution is 7.09. The summed E-state index contributed by atoms with van der Waals surface area (Å²) in [6.45, 7) is 2.99. The Labute approximate surface area is 117 Å². The minimum atomic E-state index is 0.439.